The first-order chi connectivity index (χ1) is 15.7. The molecule has 0 aromatic rings. The van der Waals surface area contributed by atoms with Gasteiger partial charge in [0.15, 0.2) is 0 Å². The Kier molecular flexibility index (Phi) is 17.4. The van der Waals surface area contributed by atoms with E-state index < -0.39 is 36.2 Å². The maximum absolute atomic E-state index is 11.8. The van der Waals surface area contributed by atoms with Gasteiger partial charge in [0.2, 0.25) is 5.91 Å². The van der Waals surface area contributed by atoms with Crippen molar-refractivity contribution in [3.05, 3.63) is 0 Å². The highest BCUT2D eigenvalue weighted by Gasteiger charge is 2.27. The Morgan fingerprint density at radius 2 is 1.74 bits per heavy atom. The molecule has 0 aromatic heterocycles. The lowest BCUT2D eigenvalue weighted by molar-refractivity contribution is -0.255. The van der Waals surface area contributed by atoms with Gasteiger partial charge in [-0.2, -0.15) is 4.89 Å². The van der Waals surface area contributed by atoms with Crippen LogP contribution < -0.4 is 10.6 Å². The number of hydrogen-bond acceptors (Lipinski definition) is 11. The van der Waals surface area contributed by atoms with Crippen molar-refractivity contribution < 1.29 is 53.4 Å². The third-order valence-corrected chi connectivity index (χ3v) is 3.62. The van der Waals surface area contributed by atoms with E-state index in [1.54, 1.807) is 34.6 Å². The van der Waals surface area contributed by atoms with Gasteiger partial charge in [-0.25, -0.2) is 19.2 Å². The van der Waals surface area contributed by atoms with E-state index in [0.29, 0.717) is 6.42 Å². The number of carboxylic acid groups (broad SMARTS) is 1. The standard InChI is InChI=1S/C12H22N2O3.C6H12O3.C3H4O5/c1-4-9(12(16)17-8(2)3)14-11(15)10-6-5-7-13-10;1-6(2,3)9-5(8)4-7;1-7-8-3(6)2(4)5/h8-10,13H,4-7H2,1-3H3,(H,14,15);7H,4H2,1-3H3;1H3,(H,4,5)/t9-,10?;;/m0../s1. The fourth-order valence-electron chi connectivity index (χ4n) is 2.31. The van der Waals surface area contributed by atoms with Gasteiger partial charge in [-0.3, -0.25) is 9.68 Å². The lowest BCUT2D eigenvalue weighted by Crippen LogP contribution is -2.48. The van der Waals surface area contributed by atoms with Crippen LogP contribution in [0, 0.1) is 0 Å². The molecule has 1 amide bonds. The number of rotatable bonds is 7. The van der Waals surface area contributed by atoms with Crippen LogP contribution in [0.2, 0.25) is 0 Å². The molecule has 1 heterocycles. The molecular weight excluding hydrogens is 456 g/mol. The Hall–Kier alpha value is -2.77. The number of ether oxygens (including phenoxy) is 2. The Bertz CT molecular complexity index is 654. The van der Waals surface area contributed by atoms with E-state index in [1.807, 2.05) is 6.92 Å². The molecule has 1 unspecified atom stereocenters. The van der Waals surface area contributed by atoms with Gasteiger partial charge in [-0.05, 0) is 60.4 Å². The second-order valence-electron chi connectivity index (χ2n) is 8.19. The maximum Gasteiger partial charge on any atom is 0.449 e. The molecule has 13 heteroatoms. The summed E-state index contributed by atoms with van der Waals surface area (Å²) in [5.74, 6) is -4.13. The Morgan fingerprint density at radius 3 is 2.03 bits per heavy atom. The summed E-state index contributed by atoms with van der Waals surface area (Å²) in [6, 6.07) is -0.691. The number of hydrogen-bond donors (Lipinski definition) is 4. The predicted molar refractivity (Wildman–Crippen MR) is 118 cm³/mol. The van der Waals surface area contributed by atoms with Crippen molar-refractivity contribution in [1.29, 1.82) is 0 Å². The molecule has 0 aliphatic carbocycles. The van der Waals surface area contributed by atoms with Gasteiger partial charge in [-0.1, -0.05) is 6.92 Å². The molecule has 1 saturated heterocycles. The molecule has 0 radical (unpaired) electrons. The van der Waals surface area contributed by atoms with Gasteiger partial charge in [0.1, 0.15) is 18.2 Å². The lowest BCUT2D eigenvalue weighted by Gasteiger charge is -2.19. The van der Waals surface area contributed by atoms with Gasteiger partial charge >= 0.3 is 23.9 Å². The zero-order valence-corrected chi connectivity index (χ0v) is 20.8. The highest BCUT2D eigenvalue weighted by molar-refractivity contribution is 6.28. The quantitative estimate of drug-likeness (QED) is 0.162. The molecule has 1 aliphatic heterocycles. The molecule has 34 heavy (non-hydrogen) atoms. The Labute approximate surface area is 199 Å². The molecule has 198 valence electrons. The van der Waals surface area contributed by atoms with E-state index in [4.69, 9.17) is 19.7 Å². The van der Waals surface area contributed by atoms with Crippen LogP contribution in [0.4, 0.5) is 0 Å². The number of esters is 2. The minimum Gasteiger partial charge on any atom is -0.473 e. The van der Waals surface area contributed by atoms with Crippen LogP contribution in [0.1, 0.15) is 60.8 Å². The monoisotopic (exact) mass is 494 g/mol. The maximum atomic E-state index is 11.8. The van der Waals surface area contributed by atoms with E-state index in [-0.39, 0.29) is 24.0 Å². The van der Waals surface area contributed by atoms with Crippen molar-refractivity contribution in [2.24, 2.45) is 0 Å². The van der Waals surface area contributed by atoms with Crippen molar-refractivity contribution in [2.75, 3.05) is 20.3 Å². The van der Waals surface area contributed by atoms with Crippen LogP contribution in [-0.4, -0.2) is 84.0 Å². The smallest absolute Gasteiger partial charge is 0.449 e. The van der Waals surface area contributed by atoms with Crippen LogP contribution in [0.3, 0.4) is 0 Å². The first kappa shape index (κ1) is 33.4. The summed E-state index contributed by atoms with van der Waals surface area (Å²) in [5.41, 5.74) is -0.486. The highest BCUT2D eigenvalue weighted by Crippen LogP contribution is 2.07. The molecule has 4 N–H and O–H groups in total. The molecule has 1 rings (SSSR count). The SMILES string of the molecule is CC(C)(C)OC(=O)CO.CC[C@H](NC(=O)C1CCCN1)C(=O)OC(C)C.COOC(=O)C(=O)O. The number of carbonyl (C=O) groups excluding carboxylic acids is 4. The van der Waals surface area contributed by atoms with Gasteiger partial charge in [-0.15, -0.1) is 0 Å². The minimum absolute atomic E-state index is 0.102. The molecule has 0 saturated carbocycles. The fourth-order valence-corrected chi connectivity index (χ4v) is 2.31. The Balaban J connectivity index is 0. The van der Waals surface area contributed by atoms with Crippen molar-refractivity contribution >= 4 is 29.8 Å². The van der Waals surface area contributed by atoms with Crippen molar-refractivity contribution in [2.45, 2.75) is 84.6 Å². The summed E-state index contributed by atoms with van der Waals surface area (Å²) < 4.78 is 9.79. The first-order valence-electron chi connectivity index (χ1n) is 10.7. The van der Waals surface area contributed by atoms with Crippen LogP contribution in [0.5, 0.6) is 0 Å². The van der Waals surface area contributed by atoms with Crippen LogP contribution in [-0.2, 0) is 43.2 Å². The summed E-state index contributed by atoms with van der Waals surface area (Å²) in [6.45, 7) is 11.0. The first-order valence-corrected chi connectivity index (χ1v) is 10.7. The van der Waals surface area contributed by atoms with E-state index >= 15 is 0 Å². The number of amides is 1. The number of aliphatic carboxylic acids is 1. The minimum atomic E-state index is -1.67. The van der Waals surface area contributed by atoms with E-state index in [9.17, 15) is 24.0 Å². The molecular formula is C21H38N2O11. The molecule has 2 atom stereocenters. The number of nitrogens with one attached hydrogen (secondary N) is 2. The Morgan fingerprint density at radius 1 is 1.15 bits per heavy atom. The van der Waals surface area contributed by atoms with Crippen LogP contribution >= 0.6 is 0 Å². The molecule has 0 aromatic carbocycles. The molecule has 1 aliphatic rings. The summed E-state index contributed by atoms with van der Waals surface area (Å²) in [5, 5.41) is 21.8. The number of carboxylic acids is 1. The fraction of sp³-hybridized carbons (Fsp3) is 0.762. The highest BCUT2D eigenvalue weighted by atomic mass is 17.2. The summed E-state index contributed by atoms with van der Waals surface area (Å²) >= 11 is 0. The van der Waals surface area contributed by atoms with Crippen molar-refractivity contribution in [3.63, 3.8) is 0 Å². The van der Waals surface area contributed by atoms with Crippen molar-refractivity contribution in [1.82, 2.24) is 10.6 Å². The second kappa shape index (κ2) is 17.7. The average Bonchev–Trinajstić information content (AvgIpc) is 3.26. The lowest BCUT2D eigenvalue weighted by atomic mass is 10.1. The molecule has 0 bridgehead atoms. The second-order valence-corrected chi connectivity index (χ2v) is 8.19. The average molecular weight is 495 g/mol. The van der Waals surface area contributed by atoms with Gasteiger partial charge < -0.3 is 30.3 Å². The third kappa shape index (κ3) is 17.7. The molecule has 0 spiro atoms. The number of aliphatic hydroxyl groups excluding tert-OH is 1. The predicted octanol–water partition coefficient (Wildman–Crippen LogP) is 0.0808. The van der Waals surface area contributed by atoms with E-state index in [1.165, 1.54) is 0 Å². The van der Waals surface area contributed by atoms with Gasteiger partial charge in [0.25, 0.3) is 0 Å². The molecule has 13 nitrogen and oxygen atoms in total. The van der Waals surface area contributed by atoms with E-state index in [2.05, 4.69) is 20.4 Å². The zero-order chi connectivity index (χ0) is 26.9. The van der Waals surface area contributed by atoms with Gasteiger partial charge in [0.05, 0.1) is 19.3 Å². The van der Waals surface area contributed by atoms with Gasteiger partial charge in [0, 0.05) is 0 Å². The summed E-state index contributed by atoms with van der Waals surface area (Å²) in [6.07, 6.45) is 2.23. The molecule has 1 fully saturated rings. The number of aliphatic hydroxyl groups is 1. The van der Waals surface area contributed by atoms with Crippen molar-refractivity contribution in [3.8, 4) is 0 Å². The van der Waals surface area contributed by atoms with Crippen LogP contribution in [0.15, 0.2) is 0 Å². The zero-order valence-electron chi connectivity index (χ0n) is 20.8. The normalized spacial score (nSPS) is 15.5. The largest absolute Gasteiger partial charge is 0.473 e. The summed E-state index contributed by atoms with van der Waals surface area (Å²) in [7, 11) is 1.04. The topological polar surface area (TPSA) is 187 Å². The number of carbonyl (C=O) groups is 5. The van der Waals surface area contributed by atoms with E-state index in [0.717, 1.165) is 26.5 Å². The summed E-state index contributed by atoms with van der Waals surface area (Å²) in [4.78, 5) is 60.5. The van der Waals surface area contributed by atoms with Crippen LogP contribution in [0.25, 0.3) is 0 Å². The third-order valence-electron chi connectivity index (χ3n) is 3.62.